The SMILES string of the molecule is O=Cc1cnc2cc(Oc3ccc(-c4ccnn4P)cn3)ccc2c1. The second kappa shape index (κ2) is 6.42. The number of aldehydes is 1. The summed E-state index contributed by atoms with van der Waals surface area (Å²) in [5, 5.41) is 5.00. The van der Waals surface area contributed by atoms with Gasteiger partial charge in [0.2, 0.25) is 5.88 Å². The van der Waals surface area contributed by atoms with Crippen molar-refractivity contribution >= 4 is 26.6 Å². The molecule has 3 heterocycles. The lowest BCUT2D eigenvalue weighted by molar-refractivity contribution is 0.112. The Labute approximate surface area is 145 Å². The molecule has 0 aliphatic carbocycles. The molecule has 1 atom stereocenters. The van der Waals surface area contributed by atoms with Gasteiger partial charge in [0.1, 0.15) is 5.75 Å². The topological polar surface area (TPSA) is 69.9 Å². The van der Waals surface area contributed by atoms with Crippen LogP contribution in [-0.2, 0) is 0 Å². The third kappa shape index (κ3) is 3.12. The van der Waals surface area contributed by atoms with Crippen LogP contribution < -0.4 is 4.74 Å². The van der Waals surface area contributed by atoms with Crippen LogP contribution in [0.3, 0.4) is 0 Å². The fraction of sp³-hybridized carbons (Fsp3) is 0. The Balaban J connectivity index is 1.58. The van der Waals surface area contributed by atoms with Gasteiger partial charge in [0.05, 0.1) is 11.2 Å². The number of pyridine rings is 2. The van der Waals surface area contributed by atoms with E-state index >= 15 is 0 Å². The lowest BCUT2D eigenvalue weighted by Gasteiger charge is -2.07. The van der Waals surface area contributed by atoms with Crippen LogP contribution in [-0.4, -0.2) is 25.8 Å². The predicted octanol–water partition coefficient (Wildman–Crippen LogP) is 3.74. The molecule has 1 unspecified atom stereocenters. The van der Waals surface area contributed by atoms with Crippen LogP contribution in [0.1, 0.15) is 10.4 Å². The van der Waals surface area contributed by atoms with Gasteiger partial charge in [0, 0.05) is 47.2 Å². The molecule has 0 fully saturated rings. The highest BCUT2D eigenvalue weighted by Crippen LogP contribution is 2.26. The zero-order valence-electron chi connectivity index (χ0n) is 13.0. The van der Waals surface area contributed by atoms with E-state index in [0.717, 1.165) is 28.4 Å². The Morgan fingerprint density at radius 3 is 2.68 bits per heavy atom. The zero-order chi connectivity index (χ0) is 17.2. The molecule has 0 aliphatic rings. The average Bonchev–Trinajstić information content (AvgIpc) is 3.08. The van der Waals surface area contributed by atoms with Gasteiger partial charge in [-0.15, -0.1) is 0 Å². The Morgan fingerprint density at radius 1 is 1.04 bits per heavy atom. The van der Waals surface area contributed by atoms with Crippen molar-refractivity contribution in [1.29, 1.82) is 0 Å². The molecule has 0 saturated carbocycles. The van der Waals surface area contributed by atoms with Gasteiger partial charge in [-0.1, -0.05) is 0 Å². The van der Waals surface area contributed by atoms with Crippen LogP contribution in [0.5, 0.6) is 11.6 Å². The van der Waals surface area contributed by atoms with Gasteiger partial charge in [-0.05, 0) is 39.7 Å². The van der Waals surface area contributed by atoms with Gasteiger partial charge in [-0.2, -0.15) is 5.10 Å². The number of ether oxygens (including phenoxy) is 1. The summed E-state index contributed by atoms with van der Waals surface area (Å²) in [5.74, 6) is 1.12. The first-order valence-electron chi connectivity index (χ1n) is 7.51. The summed E-state index contributed by atoms with van der Waals surface area (Å²) in [5.41, 5.74) is 3.20. The number of benzene rings is 1. The van der Waals surface area contributed by atoms with Crippen molar-refractivity contribution < 1.29 is 9.53 Å². The monoisotopic (exact) mass is 348 g/mol. The molecule has 122 valence electrons. The number of aromatic nitrogens is 4. The minimum absolute atomic E-state index is 0.488. The van der Waals surface area contributed by atoms with Gasteiger partial charge in [0.25, 0.3) is 0 Å². The highest BCUT2D eigenvalue weighted by Gasteiger charge is 2.06. The molecule has 7 heteroatoms. The standard InChI is InChI=1S/C18H13N4O2P/c23-11-12-7-13-1-3-15(8-16(13)19-9-12)24-18-4-2-14(10-20-18)17-5-6-21-22(17)25/h1-11H,25H2. The van der Waals surface area contributed by atoms with E-state index in [0.29, 0.717) is 17.2 Å². The molecule has 3 aromatic heterocycles. The maximum atomic E-state index is 10.8. The largest absolute Gasteiger partial charge is 0.439 e. The van der Waals surface area contributed by atoms with Gasteiger partial charge in [-0.3, -0.25) is 14.2 Å². The van der Waals surface area contributed by atoms with Gasteiger partial charge < -0.3 is 4.74 Å². The fourth-order valence-electron chi connectivity index (χ4n) is 2.50. The van der Waals surface area contributed by atoms with Crippen LogP contribution in [0.15, 0.2) is 61.1 Å². The van der Waals surface area contributed by atoms with Crippen molar-refractivity contribution in [3.8, 4) is 22.9 Å². The third-order valence-corrected chi connectivity index (χ3v) is 4.15. The minimum Gasteiger partial charge on any atom is -0.439 e. The van der Waals surface area contributed by atoms with E-state index in [1.165, 1.54) is 6.20 Å². The van der Waals surface area contributed by atoms with E-state index in [2.05, 4.69) is 24.5 Å². The molecule has 0 radical (unpaired) electrons. The third-order valence-electron chi connectivity index (χ3n) is 3.74. The molecule has 0 saturated heterocycles. The van der Waals surface area contributed by atoms with Crippen molar-refractivity contribution in [3.05, 3.63) is 66.6 Å². The average molecular weight is 348 g/mol. The van der Waals surface area contributed by atoms with Crippen LogP contribution in [0, 0.1) is 0 Å². The van der Waals surface area contributed by atoms with E-state index in [1.807, 2.05) is 30.3 Å². The van der Waals surface area contributed by atoms with E-state index < -0.39 is 0 Å². The van der Waals surface area contributed by atoms with E-state index in [-0.39, 0.29) is 0 Å². The summed E-state index contributed by atoms with van der Waals surface area (Å²) in [6, 6.07) is 12.9. The Morgan fingerprint density at radius 2 is 1.96 bits per heavy atom. The van der Waals surface area contributed by atoms with Gasteiger partial charge in [-0.25, -0.2) is 4.98 Å². The molecular weight excluding hydrogens is 335 g/mol. The second-order valence-electron chi connectivity index (χ2n) is 5.39. The number of nitrogens with zero attached hydrogens (tertiary/aromatic N) is 4. The number of rotatable bonds is 4. The number of fused-ring (bicyclic) bond motifs is 1. The smallest absolute Gasteiger partial charge is 0.219 e. The Bertz CT molecular complexity index is 1060. The molecule has 4 aromatic rings. The van der Waals surface area contributed by atoms with Crippen LogP contribution >= 0.6 is 9.39 Å². The molecule has 0 spiro atoms. The van der Waals surface area contributed by atoms with Crippen molar-refractivity contribution in [2.75, 3.05) is 0 Å². The highest BCUT2D eigenvalue weighted by molar-refractivity contribution is 7.14. The molecule has 0 aliphatic heterocycles. The molecule has 4 rings (SSSR count). The molecular formula is C18H13N4O2P. The minimum atomic E-state index is 0.488. The van der Waals surface area contributed by atoms with Gasteiger partial charge in [0.15, 0.2) is 6.29 Å². The molecule has 25 heavy (non-hydrogen) atoms. The summed E-state index contributed by atoms with van der Waals surface area (Å²) < 4.78 is 7.51. The fourth-order valence-corrected chi connectivity index (χ4v) is 2.81. The first-order chi connectivity index (χ1) is 12.2. The van der Waals surface area contributed by atoms with Crippen LogP contribution in [0.4, 0.5) is 0 Å². The molecule has 6 nitrogen and oxygen atoms in total. The number of hydrogen-bond acceptors (Lipinski definition) is 5. The maximum absolute atomic E-state index is 10.8. The first-order valence-corrected chi connectivity index (χ1v) is 8.03. The summed E-state index contributed by atoms with van der Waals surface area (Å²) in [7, 11) is 2.53. The normalized spacial score (nSPS) is 10.8. The Kier molecular flexibility index (Phi) is 3.96. The summed E-state index contributed by atoms with van der Waals surface area (Å²) >= 11 is 0. The maximum Gasteiger partial charge on any atom is 0.219 e. The molecule has 0 N–H and O–H groups in total. The quantitative estimate of drug-likeness (QED) is 0.415. The van der Waals surface area contributed by atoms with Crippen molar-refractivity contribution in [2.45, 2.75) is 0 Å². The number of carbonyl (C=O) groups is 1. The first kappa shape index (κ1) is 15.4. The summed E-state index contributed by atoms with van der Waals surface area (Å²) in [4.78, 5) is 19.4. The van der Waals surface area contributed by atoms with Crippen molar-refractivity contribution in [1.82, 2.24) is 19.5 Å². The highest BCUT2D eigenvalue weighted by atomic mass is 31.0. The van der Waals surface area contributed by atoms with Crippen LogP contribution in [0.2, 0.25) is 0 Å². The predicted molar refractivity (Wildman–Crippen MR) is 97.8 cm³/mol. The van der Waals surface area contributed by atoms with E-state index in [4.69, 9.17) is 4.74 Å². The van der Waals surface area contributed by atoms with Gasteiger partial charge >= 0.3 is 0 Å². The molecule has 0 amide bonds. The zero-order valence-corrected chi connectivity index (χ0v) is 14.2. The summed E-state index contributed by atoms with van der Waals surface area (Å²) in [6.07, 6.45) is 5.79. The Hall–Kier alpha value is -3.11. The van der Waals surface area contributed by atoms with E-state index in [9.17, 15) is 4.79 Å². The lowest BCUT2D eigenvalue weighted by atomic mass is 10.1. The lowest BCUT2D eigenvalue weighted by Crippen LogP contribution is -1.91. The van der Waals surface area contributed by atoms with Crippen molar-refractivity contribution in [2.24, 2.45) is 0 Å². The second-order valence-corrected chi connectivity index (χ2v) is 5.88. The summed E-state index contributed by atoms with van der Waals surface area (Å²) in [6.45, 7) is 0. The number of carbonyl (C=O) groups excluding carboxylic acids is 1. The van der Waals surface area contributed by atoms with Crippen LogP contribution in [0.25, 0.3) is 22.2 Å². The molecule has 1 aromatic carbocycles. The molecule has 0 bridgehead atoms. The number of hydrogen-bond donors (Lipinski definition) is 0. The van der Waals surface area contributed by atoms with Crippen molar-refractivity contribution in [3.63, 3.8) is 0 Å². The van der Waals surface area contributed by atoms with E-state index in [1.54, 1.807) is 29.0 Å².